The second-order valence-corrected chi connectivity index (χ2v) is 8.12. The first kappa shape index (κ1) is 17.2. The number of pyridine rings is 1. The molecule has 0 N–H and O–H groups in total. The molecule has 0 amide bonds. The molecule has 0 spiro atoms. The van der Waals surface area contributed by atoms with Gasteiger partial charge in [0.15, 0.2) is 0 Å². The minimum atomic E-state index is 0.993. The molecule has 0 radical (unpaired) electrons. The Labute approximate surface area is 172 Å². The number of rotatable bonds is 2. The third kappa shape index (κ3) is 2.74. The second kappa shape index (κ2) is 6.61. The summed E-state index contributed by atoms with van der Waals surface area (Å²) in [5.74, 6) is 0. The van der Waals surface area contributed by atoms with E-state index in [-0.39, 0.29) is 0 Å². The zero-order valence-electron chi connectivity index (χ0n) is 15.8. The maximum atomic E-state index is 5.09. The summed E-state index contributed by atoms with van der Waals surface area (Å²) in [5.41, 5.74) is 9.22. The summed E-state index contributed by atoms with van der Waals surface area (Å²) in [5, 5.41) is 1.19. The van der Waals surface area contributed by atoms with Crippen LogP contribution in [0.4, 0.5) is 0 Å². The third-order valence-corrected chi connectivity index (χ3v) is 5.88. The van der Waals surface area contributed by atoms with Crippen molar-refractivity contribution >= 4 is 37.9 Å². The average Bonchev–Trinajstić information content (AvgIpc) is 3.01. The summed E-state index contributed by atoms with van der Waals surface area (Å²) < 4.78 is 3.33. The number of halogens is 1. The van der Waals surface area contributed by atoms with E-state index in [4.69, 9.17) is 4.98 Å². The van der Waals surface area contributed by atoms with Crippen molar-refractivity contribution in [1.82, 2.24) is 9.55 Å². The number of para-hydroxylation sites is 1. The standard InChI is InChI=1S/C25H19BrN2/c1-16-7-9-17(10-8-16)21-15-22(18-11-13-19(26)14-12-18)27-24-20-5-3-4-6-23(20)28(2)25(21)24/h3-15H,1-2H3. The van der Waals surface area contributed by atoms with E-state index in [1.54, 1.807) is 0 Å². The largest absolute Gasteiger partial charge is 0.342 e. The molecule has 0 saturated heterocycles. The third-order valence-electron chi connectivity index (χ3n) is 5.35. The van der Waals surface area contributed by atoms with Gasteiger partial charge in [-0.15, -0.1) is 0 Å². The van der Waals surface area contributed by atoms with Crippen molar-refractivity contribution in [3.63, 3.8) is 0 Å². The van der Waals surface area contributed by atoms with Crippen LogP contribution in [0.1, 0.15) is 5.56 Å². The summed E-state index contributed by atoms with van der Waals surface area (Å²) in [4.78, 5) is 5.09. The molecule has 2 nitrogen and oxygen atoms in total. The average molecular weight is 427 g/mol. The summed E-state index contributed by atoms with van der Waals surface area (Å²) in [6.07, 6.45) is 0. The molecule has 0 aliphatic carbocycles. The second-order valence-electron chi connectivity index (χ2n) is 7.20. The lowest BCUT2D eigenvalue weighted by atomic mass is 10.0. The Kier molecular flexibility index (Phi) is 4.06. The van der Waals surface area contributed by atoms with Crippen molar-refractivity contribution in [2.75, 3.05) is 0 Å². The number of hydrogen-bond donors (Lipinski definition) is 0. The predicted molar refractivity (Wildman–Crippen MR) is 122 cm³/mol. The van der Waals surface area contributed by atoms with Crippen LogP contribution in [-0.4, -0.2) is 9.55 Å². The van der Waals surface area contributed by atoms with Crippen LogP contribution in [0, 0.1) is 6.92 Å². The first-order chi connectivity index (χ1) is 13.6. The Bertz CT molecular complexity index is 1310. The van der Waals surface area contributed by atoms with Crippen LogP contribution in [0.15, 0.2) is 83.3 Å². The fraction of sp³-hybridized carbons (Fsp3) is 0.0800. The lowest BCUT2D eigenvalue weighted by molar-refractivity contribution is 1.01. The zero-order valence-corrected chi connectivity index (χ0v) is 17.4. The minimum absolute atomic E-state index is 0.993. The van der Waals surface area contributed by atoms with Crippen molar-refractivity contribution in [3.05, 3.63) is 88.9 Å². The van der Waals surface area contributed by atoms with E-state index >= 15 is 0 Å². The molecule has 28 heavy (non-hydrogen) atoms. The van der Waals surface area contributed by atoms with Crippen molar-refractivity contribution < 1.29 is 0 Å². The molecule has 3 heteroatoms. The number of fused-ring (bicyclic) bond motifs is 3. The van der Waals surface area contributed by atoms with Crippen LogP contribution in [0.25, 0.3) is 44.3 Å². The summed E-state index contributed by atoms with van der Waals surface area (Å²) >= 11 is 3.53. The fourth-order valence-corrected chi connectivity index (χ4v) is 4.14. The lowest BCUT2D eigenvalue weighted by Crippen LogP contribution is -1.93. The number of benzene rings is 3. The van der Waals surface area contributed by atoms with Gasteiger partial charge in [0.05, 0.1) is 22.2 Å². The molecule has 0 atom stereocenters. The zero-order chi connectivity index (χ0) is 19.3. The SMILES string of the molecule is Cc1ccc(-c2cc(-c3ccc(Br)cc3)nc3c4ccccc4n(C)c23)cc1. The number of nitrogens with zero attached hydrogens (tertiary/aromatic N) is 2. The van der Waals surface area contributed by atoms with E-state index < -0.39 is 0 Å². The van der Waals surface area contributed by atoms with Crippen LogP contribution >= 0.6 is 15.9 Å². The first-order valence-electron chi connectivity index (χ1n) is 9.33. The van der Waals surface area contributed by atoms with Gasteiger partial charge in [0, 0.05) is 28.0 Å². The maximum absolute atomic E-state index is 5.09. The molecule has 2 heterocycles. The molecule has 0 fully saturated rings. The Morgan fingerprint density at radius 2 is 1.50 bits per heavy atom. The predicted octanol–water partition coefficient (Wildman–Crippen LogP) is 7.13. The highest BCUT2D eigenvalue weighted by molar-refractivity contribution is 9.10. The van der Waals surface area contributed by atoms with Gasteiger partial charge in [-0.05, 0) is 36.8 Å². The monoisotopic (exact) mass is 426 g/mol. The van der Waals surface area contributed by atoms with Crippen LogP contribution in [-0.2, 0) is 7.05 Å². The molecule has 0 aliphatic heterocycles. The highest BCUT2D eigenvalue weighted by atomic mass is 79.9. The van der Waals surface area contributed by atoms with Gasteiger partial charge in [-0.25, -0.2) is 4.98 Å². The molecule has 0 bridgehead atoms. The van der Waals surface area contributed by atoms with Gasteiger partial charge in [0.1, 0.15) is 0 Å². The Morgan fingerprint density at radius 3 is 2.25 bits per heavy atom. The highest BCUT2D eigenvalue weighted by Gasteiger charge is 2.16. The van der Waals surface area contributed by atoms with E-state index in [1.807, 2.05) is 0 Å². The summed E-state index contributed by atoms with van der Waals surface area (Å²) in [6, 6.07) is 27.8. The number of hydrogen-bond acceptors (Lipinski definition) is 1. The van der Waals surface area contributed by atoms with E-state index in [1.165, 1.54) is 33.1 Å². The molecule has 0 aliphatic rings. The van der Waals surface area contributed by atoms with Crippen LogP contribution < -0.4 is 0 Å². The van der Waals surface area contributed by atoms with Gasteiger partial charge in [-0.1, -0.05) is 76.1 Å². The van der Waals surface area contributed by atoms with E-state index in [2.05, 4.69) is 113 Å². The summed E-state index contributed by atoms with van der Waals surface area (Å²) in [6.45, 7) is 2.12. The minimum Gasteiger partial charge on any atom is -0.342 e. The van der Waals surface area contributed by atoms with Crippen molar-refractivity contribution in [3.8, 4) is 22.4 Å². The topological polar surface area (TPSA) is 17.8 Å². The van der Waals surface area contributed by atoms with E-state index in [0.717, 1.165) is 21.2 Å². The van der Waals surface area contributed by atoms with Crippen LogP contribution in [0.2, 0.25) is 0 Å². The normalized spacial score (nSPS) is 11.4. The fourth-order valence-electron chi connectivity index (χ4n) is 3.87. The molecule has 5 aromatic rings. The summed E-state index contributed by atoms with van der Waals surface area (Å²) in [7, 11) is 2.13. The van der Waals surface area contributed by atoms with Gasteiger partial charge in [0.25, 0.3) is 0 Å². The van der Waals surface area contributed by atoms with Crippen molar-refractivity contribution in [1.29, 1.82) is 0 Å². The maximum Gasteiger partial charge on any atom is 0.0973 e. The van der Waals surface area contributed by atoms with Gasteiger partial charge in [-0.3, -0.25) is 0 Å². The number of aryl methyl sites for hydroxylation is 2. The molecule has 0 unspecified atom stereocenters. The van der Waals surface area contributed by atoms with Crippen molar-refractivity contribution in [2.45, 2.75) is 6.92 Å². The van der Waals surface area contributed by atoms with Crippen LogP contribution in [0.3, 0.4) is 0 Å². The van der Waals surface area contributed by atoms with E-state index in [9.17, 15) is 0 Å². The molecular weight excluding hydrogens is 408 g/mol. The smallest absolute Gasteiger partial charge is 0.0973 e. The molecule has 3 aromatic carbocycles. The van der Waals surface area contributed by atoms with Gasteiger partial charge in [-0.2, -0.15) is 0 Å². The van der Waals surface area contributed by atoms with E-state index in [0.29, 0.717) is 0 Å². The number of aromatic nitrogens is 2. The van der Waals surface area contributed by atoms with Gasteiger partial charge >= 0.3 is 0 Å². The molecular formula is C25H19BrN2. The molecule has 0 saturated carbocycles. The Hall–Kier alpha value is -2.91. The van der Waals surface area contributed by atoms with Crippen LogP contribution in [0.5, 0.6) is 0 Å². The Morgan fingerprint density at radius 1 is 0.821 bits per heavy atom. The van der Waals surface area contributed by atoms with Gasteiger partial charge < -0.3 is 4.57 Å². The highest BCUT2D eigenvalue weighted by Crippen LogP contribution is 2.37. The molecule has 2 aromatic heterocycles. The first-order valence-corrected chi connectivity index (χ1v) is 10.1. The lowest BCUT2D eigenvalue weighted by Gasteiger charge is -2.10. The Balaban J connectivity index is 1.89. The molecule has 136 valence electrons. The molecule has 5 rings (SSSR count). The van der Waals surface area contributed by atoms with Crippen molar-refractivity contribution in [2.24, 2.45) is 7.05 Å². The van der Waals surface area contributed by atoms with Gasteiger partial charge in [0.2, 0.25) is 0 Å². The quantitative estimate of drug-likeness (QED) is 0.293.